The first-order chi connectivity index (χ1) is 4.81. The molecule has 0 fully saturated rings. The van der Waals surface area contributed by atoms with Crippen molar-refractivity contribution < 1.29 is 8.42 Å². The SMILES string of the molecule is CC(C)(C)C1=NS(=O)(=O)C=C1. The fourth-order valence-electron chi connectivity index (χ4n) is 0.735. The zero-order chi connectivity index (χ0) is 8.70. The molecule has 0 atom stereocenters. The van der Waals surface area contributed by atoms with Crippen molar-refractivity contribution in [1.82, 2.24) is 0 Å². The smallest absolute Gasteiger partial charge is 0.200 e. The molecule has 1 aliphatic heterocycles. The van der Waals surface area contributed by atoms with E-state index in [-0.39, 0.29) is 5.41 Å². The molecule has 0 radical (unpaired) electrons. The van der Waals surface area contributed by atoms with Gasteiger partial charge in [0.15, 0.2) is 0 Å². The van der Waals surface area contributed by atoms with Gasteiger partial charge in [0.05, 0.1) is 11.1 Å². The Hall–Kier alpha value is -0.640. The molecule has 0 N–H and O–H groups in total. The highest BCUT2D eigenvalue weighted by Gasteiger charge is 2.23. The second kappa shape index (κ2) is 2.17. The van der Waals surface area contributed by atoms with E-state index in [2.05, 4.69) is 4.40 Å². The first-order valence-corrected chi connectivity index (χ1v) is 4.85. The Balaban J connectivity index is 3.09. The highest BCUT2D eigenvalue weighted by atomic mass is 32.2. The van der Waals surface area contributed by atoms with Crippen LogP contribution in [0.15, 0.2) is 15.9 Å². The zero-order valence-electron chi connectivity index (χ0n) is 6.83. The standard InChI is InChI=1S/C7H11NO2S/c1-7(2,3)6-4-5-11(9,10)8-6/h4-5H,1-3H3. The minimum atomic E-state index is -3.27. The van der Waals surface area contributed by atoms with Crippen LogP contribution in [0, 0.1) is 5.41 Å². The van der Waals surface area contributed by atoms with Gasteiger partial charge >= 0.3 is 0 Å². The van der Waals surface area contributed by atoms with E-state index in [0.717, 1.165) is 5.41 Å². The Bertz CT molecular complexity index is 317. The number of allylic oxidation sites excluding steroid dienone is 1. The van der Waals surface area contributed by atoms with Gasteiger partial charge in [-0.2, -0.15) is 12.8 Å². The summed E-state index contributed by atoms with van der Waals surface area (Å²) in [6.45, 7) is 5.78. The number of hydrogen-bond donors (Lipinski definition) is 0. The molecule has 0 saturated heterocycles. The molecule has 62 valence electrons. The van der Waals surface area contributed by atoms with E-state index in [9.17, 15) is 8.42 Å². The van der Waals surface area contributed by atoms with Gasteiger partial charge in [-0.3, -0.25) is 0 Å². The Morgan fingerprint density at radius 2 is 1.91 bits per heavy atom. The van der Waals surface area contributed by atoms with Crippen LogP contribution in [0.25, 0.3) is 0 Å². The Morgan fingerprint density at radius 3 is 2.09 bits per heavy atom. The van der Waals surface area contributed by atoms with Gasteiger partial charge in [0.1, 0.15) is 0 Å². The lowest BCUT2D eigenvalue weighted by molar-refractivity contribution is 0.590. The molecule has 11 heavy (non-hydrogen) atoms. The number of hydrogen-bond acceptors (Lipinski definition) is 2. The molecule has 0 aromatic heterocycles. The number of nitrogens with zero attached hydrogens (tertiary/aromatic N) is 1. The third-order valence-corrected chi connectivity index (χ3v) is 2.32. The molecule has 0 amide bonds. The summed E-state index contributed by atoms with van der Waals surface area (Å²) >= 11 is 0. The van der Waals surface area contributed by atoms with Crippen LogP contribution in [0.3, 0.4) is 0 Å². The van der Waals surface area contributed by atoms with E-state index in [1.807, 2.05) is 20.8 Å². The van der Waals surface area contributed by atoms with Crippen molar-refractivity contribution in [3.63, 3.8) is 0 Å². The summed E-state index contributed by atoms with van der Waals surface area (Å²) in [5.41, 5.74) is 0.442. The topological polar surface area (TPSA) is 46.5 Å². The van der Waals surface area contributed by atoms with Crippen LogP contribution >= 0.6 is 0 Å². The van der Waals surface area contributed by atoms with Gasteiger partial charge < -0.3 is 0 Å². The van der Waals surface area contributed by atoms with Gasteiger partial charge in [0.2, 0.25) is 0 Å². The molecule has 0 bridgehead atoms. The molecular weight excluding hydrogens is 162 g/mol. The quantitative estimate of drug-likeness (QED) is 0.554. The van der Waals surface area contributed by atoms with Crippen molar-refractivity contribution in [2.45, 2.75) is 20.8 Å². The molecule has 4 heteroatoms. The van der Waals surface area contributed by atoms with Crippen LogP contribution in [-0.4, -0.2) is 14.1 Å². The first-order valence-electron chi connectivity index (χ1n) is 3.35. The largest absolute Gasteiger partial charge is 0.275 e. The Morgan fingerprint density at radius 1 is 1.36 bits per heavy atom. The van der Waals surface area contributed by atoms with Gasteiger partial charge in [-0.1, -0.05) is 20.8 Å². The molecule has 0 aromatic rings. The fraction of sp³-hybridized carbons (Fsp3) is 0.571. The second-order valence-electron chi connectivity index (χ2n) is 3.54. The average Bonchev–Trinajstić information content (AvgIpc) is 2.07. The minimum absolute atomic E-state index is 0.180. The molecule has 0 aromatic carbocycles. The van der Waals surface area contributed by atoms with Crippen LogP contribution in [0.1, 0.15) is 20.8 Å². The van der Waals surface area contributed by atoms with Crippen molar-refractivity contribution in [2.24, 2.45) is 9.81 Å². The zero-order valence-corrected chi connectivity index (χ0v) is 7.64. The molecular formula is C7H11NO2S. The van der Waals surface area contributed by atoms with Crippen LogP contribution in [0.5, 0.6) is 0 Å². The summed E-state index contributed by atoms with van der Waals surface area (Å²) in [4.78, 5) is 0. The molecule has 0 aliphatic carbocycles. The summed E-state index contributed by atoms with van der Waals surface area (Å²) in [6.07, 6.45) is 1.55. The first kappa shape index (κ1) is 8.46. The van der Waals surface area contributed by atoms with Gasteiger partial charge in [0, 0.05) is 5.41 Å². The average molecular weight is 173 g/mol. The highest BCUT2D eigenvalue weighted by molar-refractivity contribution is 7.93. The lowest BCUT2D eigenvalue weighted by Gasteiger charge is -2.15. The van der Waals surface area contributed by atoms with Gasteiger partial charge in [0.25, 0.3) is 10.0 Å². The number of rotatable bonds is 0. The second-order valence-corrected chi connectivity index (χ2v) is 5.03. The maximum absolute atomic E-state index is 10.8. The van der Waals surface area contributed by atoms with Crippen molar-refractivity contribution in [3.05, 3.63) is 11.5 Å². The molecule has 0 spiro atoms. The predicted molar refractivity (Wildman–Crippen MR) is 44.9 cm³/mol. The molecule has 1 heterocycles. The van der Waals surface area contributed by atoms with E-state index < -0.39 is 10.0 Å². The van der Waals surface area contributed by atoms with Crippen molar-refractivity contribution in [1.29, 1.82) is 0 Å². The van der Waals surface area contributed by atoms with E-state index in [1.165, 1.54) is 0 Å². The van der Waals surface area contributed by atoms with Crippen LogP contribution in [0.2, 0.25) is 0 Å². The summed E-state index contributed by atoms with van der Waals surface area (Å²) in [5.74, 6) is 0. The molecule has 1 aliphatic rings. The Labute approximate surface area is 66.9 Å². The summed E-state index contributed by atoms with van der Waals surface area (Å²) in [6, 6.07) is 0. The molecule has 0 unspecified atom stereocenters. The van der Waals surface area contributed by atoms with Crippen LogP contribution in [-0.2, 0) is 10.0 Å². The molecule has 0 saturated carbocycles. The van der Waals surface area contributed by atoms with Crippen LogP contribution < -0.4 is 0 Å². The van der Waals surface area contributed by atoms with E-state index >= 15 is 0 Å². The highest BCUT2D eigenvalue weighted by Crippen LogP contribution is 2.22. The van der Waals surface area contributed by atoms with Crippen molar-refractivity contribution in [2.75, 3.05) is 0 Å². The van der Waals surface area contributed by atoms with Crippen molar-refractivity contribution >= 4 is 15.7 Å². The van der Waals surface area contributed by atoms with E-state index in [4.69, 9.17) is 0 Å². The number of sulfonamides is 1. The van der Waals surface area contributed by atoms with Gasteiger partial charge in [-0.15, -0.1) is 0 Å². The van der Waals surface area contributed by atoms with E-state index in [0.29, 0.717) is 5.71 Å². The minimum Gasteiger partial charge on any atom is -0.200 e. The lowest BCUT2D eigenvalue weighted by Crippen LogP contribution is -2.16. The normalized spacial score (nSPS) is 21.9. The monoisotopic (exact) mass is 173 g/mol. The van der Waals surface area contributed by atoms with Crippen molar-refractivity contribution in [3.8, 4) is 0 Å². The van der Waals surface area contributed by atoms with Crippen LogP contribution in [0.4, 0.5) is 0 Å². The summed E-state index contributed by atoms with van der Waals surface area (Å²) < 4.78 is 25.2. The molecule has 1 rings (SSSR count). The van der Waals surface area contributed by atoms with E-state index in [1.54, 1.807) is 6.08 Å². The van der Waals surface area contributed by atoms with Gasteiger partial charge in [-0.05, 0) is 6.08 Å². The molecule has 3 nitrogen and oxygen atoms in total. The summed E-state index contributed by atoms with van der Waals surface area (Å²) in [5, 5.41) is 1.13. The third kappa shape index (κ3) is 1.89. The lowest BCUT2D eigenvalue weighted by atomic mass is 9.90. The maximum atomic E-state index is 10.8. The Kier molecular flexibility index (Phi) is 1.67. The fourth-order valence-corrected chi connectivity index (χ4v) is 1.71. The predicted octanol–water partition coefficient (Wildman–Crippen LogP) is 1.33. The summed E-state index contributed by atoms with van der Waals surface area (Å²) in [7, 11) is -3.27. The maximum Gasteiger partial charge on any atom is 0.275 e. The third-order valence-electron chi connectivity index (χ3n) is 1.39. The van der Waals surface area contributed by atoms with Gasteiger partial charge in [-0.25, -0.2) is 0 Å².